The average molecular weight is 601 g/mol. The molecule has 11 atom stereocenters. The highest BCUT2D eigenvalue weighted by Gasteiger charge is 2.67. The SMILES string of the molecule is C[C@H](CCC(=O)OCCS(=O)(=O)O)[C@H]1CC[C@H]2[C@@H]3C(OC=O)CC4CC(OC=O)CC[C@]4(C)[C@H]3CC(OC=O)[C@]12C. The third-order valence-corrected chi connectivity index (χ3v) is 12.2. The second kappa shape index (κ2) is 12.6. The molecule has 0 heterocycles. The summed E-state index contributed by atoms with van der Waals surface area (Å²) >= 11 is 0. The lowest BCUT2D eigenvalue weighted by Gasteiger charge is -2.64. The quantitative estimate of drug-likeness (QED) is 0.143. The molecule has 4 fully saturated rings. The van der Waals surface area contributed by atoms with Crippen LogP contribution in [0.2, 0.25) is 0 Å². The van der Waals surface area contributed by atoms with Crippen LogP contribution in [-0.4, -0.2) is 69.0 Å². The van der Waals surface area contributed by atoms with Gasteiger partial charge >= 0.3 is 5.97 Å². The van der Waals surface area contributed by atoms with Gasteiger partial charge in [0, 0.05) is 17.8 Å². The molecule has 232 valence electrons. The van der Waals surface area contributed by atoms with Crippen molar-refractivity contribution in [3.05, 3.63) is 0 Å². The fourth-order valence-corrected chi connectivity index (χ4v) is 9.92. The first-order chi connectivity index (χ1) is 19.4. The zero-order valence-electron chi connectivity index (χ0n) is 24.1. The van der Waals surface area contributed by atoms with Gasteiger partial charge in [-0.2, -0.15) is 8.42 Å². The first-order valence-electron chi connectivity index (χ1n) is 14.8. The van der Waals surface area contributed by atoms with Crippen molar-refractivity contribution in [2.45, 2.75) is 96.9 Å². The second-order valence-corrected chi connectivity index (χ2v) is 14.7. The van der Waals surface area contributed by atoms with Crippen molar-refractivity contribution in [1.29, 1.82) is 0 Å². The Kier molecular flexibility index (Phi) is 9.72. The molecule has 4 unspecified atom stereocenters. The van der Waals surface area contributed by atoms with Crippen LogP contribution in [0.15, 0.2) is 0 Å². The van der Waals surface area contributed by atoms with Gasteiger partial charge in [0.15, 0.2) is 0 Å². The second-order valence-electron chi connectivity index (χ2n) is 13.2. The van der Waals surface area contributed by atoms with Crippen molar-refractivity contribution >= 4 is 35.5 Å². The third-order valence-electron chi connectivity index (χ3n) is 11.5. The van der Waals surface area contributed by atoms with Crippen LogP contribution in [0, 0.1) is 46.3 Å². The van der Waals surface area contributed by atoms with Crippen LogP contribution >= 0.6 is 0 Å². The van der Waals surface area contributed by atoms with Crippen molar-refractivity contribution < 1.29 is 51.1 Å². The maximum absolute atomic E-state index is 12.3. The lowest BCUT2D eigenvalue weighted by Crippen LogP contribution is -2.63. The van der Waals surface area contributed by atoms with E-state index >= 15 is 0 Å². The molecule has 0 aromatic rings. The number of hydrogen-bond acceptors (Lipinski definition) is 10. The van der Waals surface area contributed by atoms with Crippen LogP contribution in [0.5, 0.6) is 0 Å². The van der Waals surface area contributed by atoms with Crippen molar-refractivity contribution in [2.24, 2.45) is 46.3 Å². The Morgan fingerprint density at radius 3 is 2.34 bits per heavy atom. The lowest BCUT2D eigenvalue weighted by molar-refractivity contribution is -0.218. The molecule has 0 saturated heterocycles. The fraction of sp³-hybridized carbons (Fsp3) is 0.862. The van der Waals surface area contributed by atoms with Crippen molar-refractivity contribution in [2.75, 3.05) is 12.4 Å². The van der Waals surface area contributed by atoms with Crippen molar-refractivity contribution in [1.82, 2.24) is 0 Å². The minimum Gasteiger partial charge on any atom is -0.465 e. The van der Waals surface area contributed by atoms with E-state index in [1.807, 2.05) is 0 Å². The topological polar surface area (TPSA) is 160 Å². The summed E-state index contributed by atoms with van der Waals surface area (Å²) in [4.78, 5) is 46.8. The fourth-order valence-electron chi connectivity index (χ4n) is 9.63. The first-order valence-corrected chi connectivity index (χ1v) is 16.4. The number of carbonyl (C=O) groups excluding carboxylic acids is 4. The summed E-state index contributed by atoms with van der Waals surface area (Å²) in [7, 11) is -4.21. The summed E-state index contributed by atoms with van der Waals surface area (Å²) in [6, 6.07) is 0. The minimum atomic E-state index is -4.21. The summed E-state index contributed by atoms with van der Waals surface area (Å²) in [6.45, 7) is 7.76. The molecule has 0 radical (unpaired) electrons. The zero-order chi connectivity index (χ0) is 30.0. The normalized spacial score (nSPS) is 40.6. The first kappa shape index (κ1) is 31.7. The zero-order valence-corrected chi connectivity index (χ0v) is 25.0. The maximum atomic E-state index is 12.3. The van der Waals surface area contributed by atoms with E-state index < -0.39 is 28.4 Å². The van der Waals surface area contributed by atoms with Gasteiger partial charge in [-0.25, -0.2) is 0 Å². The molecule has 4 rings (SSSR count). The van der Waals surface area contributed by atoms with Crippen LogP contribution in [0.25, 0.3) is 0 Å². The van der Waals surface area contributed by atoms with Gasteiger partial charge in [-0.3, -0.25) is 23.7 Å². The van der Waals surface area contributed by atoms with Crippen LogP contribution in [-0.2, 0) is 48.2 Å². The van der Waals surface area contributed by atoms with Crippen LogP contribution in [0.3, 0.4) is 0 Å². The summed E-state index contributed by atoms with van der Waals surface area (Å²) in [6.07, 6.45) is 5.37. The Morgan fingerprint density at radius 2 is 1.68 bits per heavy atom. The summed E-state index contributed by atoms with van der Waals surface area (Å²) in [5.74, 6) is -0.321. The molecule has 12 heteroatoms. The molecule has 0 aliphatic heterocycles. The number of esters is 1. The van der Waals surface area contributed by atoms with E-state index in [1.165, 1.54) is 0 Å². The van der Waals surface area contributed by atoms with Gasteiger partial charge in [-0.1, -0.05) is 20.8 Å². The predicted octanol–water partition coefficient (Wildman–Crippen LogP) is 3.34. The molecule has 0 spiro atoms. The van der Waals surface area contributed by atoms with Crippen molar-refractivity contribution in [3.8, 4) is 0 Å². The summed E-state index contributed by atoms with van der Waals surface area (Å²) in [5, 5.41) is 0. The van der Waals surface area contributed by atoms with E-state index in [-0.39, 0.29) is 71.1 Å². The van der Waals surface area contributed by atoms with E-state index in [1.54, 1.807) is 0 Å². The minimum absolute atomic E-state index is 0.0719. The number of hydrogen-bond donors (Lipinski definition) is 1. The van der Waals surface area contributed by atoms with Gasteiger partial charge in [0.1, 0.15) is 30.7 Å². The molecule has 41 heavy (non-hydrogen) atoms. The van der Waals surface area contributed by atoms with E-state index in [2.05, 4.69) is 20.8 Å². The molecule has 0 aromatic carbocycles. The predicted molar refractivity (Wildman–Crippen MR) is 145 cm³/mol. The number of carbonyl (C=O) groups is 4. The van der Waals surface area contributed by atoms with Gasteiger partial charge < -0.3 is 18.9 Å². The molecule has 0 bridgehead atoms. The lowest BCUT2D eigenvalue weighted by atomic mass is 9.43. The standard InChI is InChI=1S/C29H44O11S/c1-18(4-7-26(33)37-10-11-41(34,35)36)21-5-6-22-27-23(14-25(40-17-32)29(21,22)3)28(2)9-8-20(38-15-30)12-19(28)13-24(27)39-16-31/h15-25,27H,4-14H2,1-3H3,(H,34,35,36)/t18-,19?,20?,21-,22+,23+,24?,25?,27+,28+,29-/m1/s1. The molecule has 4 aliphatic carbocycles. The molecule has 4 saturated carbocycles. The summed E-state index contributed by atoms with van der Waals surface area (Å²) in [5.41, 5.74) is -0.459. The molecule has 11 nitrogen and oxygen atoms in total. The molecule has 4 aliphatic rings. The molecular weight excluding hydrogens is 556 g/mol. The van der Waals surface area contributed by atoms with Gasteiger partial charge in [0.2, 0.25) is 0 Å². The monoisotopic (exact) mass is 600 g/mol. The van der Waals surface area contributed by atoms with Gasteiger partial charge in [0.25, 0.3) is 29.5 Å². The van der Waals surface area contributed by atoms with Crippen molar-refractivity contribution in [3.63, 3.8) is 0 Å². The van der Waals surface area contributed by atoms with Gasteiger partial charge in [0.05, 0.1) is 0 Å². The maximum Gasteiger partial charge on any atom is 0.305 e. The van der Waals surface area contributed by atoms with E-state index in [0.29, 0.717) is 38.7 Å². The Labute approximate surface area is 242 Å². The van der Waals surface area contributed by atoms with E-state index in [0.717, 1.165) is 32.1 Å². The van der Waals surface area contributed by atoms with Crippen LogP contribution < -0.4 is 0 Å². The number of ether oxygens (including phenoxy) is 4. The van der Waals surface area contributed by atoms with E-state index in [4.69, 9.17) is 23.5 Å². The largest absolute Gasteiger partial charge is 0.465 e. The van der Waals surface area contributed by atoms with Gasteiger partial charge in [-0.05, 0) is 86.4 Å². The highest BCUT2D eigenvalue weighted by Crippen LogP contribution is 2.69. The van der Waals surface area contributed by atoms with Crippen LogP contribution in [0.4, 0.5) is 0 Å². The third kappa shape index (κ3) is 6.28. The average Bonchev–Trinajstić information content (AvgIpc) is 3.26. The summed E-state index contributed by atoms with van der Waals surface area (Å²) < 4.78 is 52.6. The van der Waals surface area contributed by atoms with Gasteiger partial charge in [-0.15, -0.1) is 0 Å². The van der Waals surface area contributed by atoms with E-state index in [9.17, 15) is 27.6 Å². The highest BCUT2D eigenvalue weighted by molar-refractivity contribution is 7.85. The number of rotatable bonds is 13. The molecule has 0 amide bonds. The Hall–Kier alpha value is -2.21. The molecule has 0 aromatic heterocycles. The van der Waals surface area contributed by atoms with Crippen LogP contribution in [0.1, 0.15) is 78.6 Å². The molecule has 1 N–H and O–H groups in total. The highest BCUT2D eigenvalue weighted by atomic mass is 32.2. The molecular formula is C29H44O11S. The Balaban J connectivity index is 1.54. The smallest absolute Gasteiger partial charge is 0.305 e. The Morgan fingerprint density at radius 1 is 0.976 bits per heavy atom. The number of fused-ring (bicyclic) bond motifs is 5. The Bertz CT molecular complexity index is 1080.